The van der Waals surface area contributed by atoms with Crippen molar-refractivity contribution in [2.45, 2.75) is 0 Å². The van der Waals surface area contributed by atoms with Crippen LogP contribution < -0.4 is 14.2 Å². The monoisotopic (exact) mass is 194 g/mol. The topological polar surface area (TPSA) is 44.8 Å². The Kier molecular flexibility index (Phi) is 2.26. The van der Waals surface area contributed by atoms with Crippen LogP contribution in [0.5, 0.6) is 17.2 Å². The van der Waals surface area contributed by atoms with Gasteiger partial charge >= 0.3 is 0 Å². The number of carbonyl (C=O) groups excluding carboxylic acids is 1. The lowest BCUT2D eigenvalue weighted by molar-refractivity contribution is 0.111. The maximum atomic E-state index is 10.8. The quantitative estimate of drug-likeness (QED) is 0.665. The van der Waals surface area contributed by atoms with Gasteiger partial charge in [0.1, 0.15) is 19.0 Å². The Morgan fingerprint density at radius 2 is 2.14 bits per heavy atom. The standard InChI is InChI=1S/C10H10O4/c1-12-8-4-7(6-11)10-9(5-8)13-2-3-14-10/h4-6H,2-3H2,1H3. The zero-order chi connectivity index (χ0) is 9.97. The molecule has 0 saturated heterocycles. The largest absolute Gasteiger partial charge is 0.497 e. The lowest BCUT2D eigenvalue weighted by Gasteiger charge is -2.20. The minimum absolute atomic E-state index is 0.457. The Hall–Kier alpha value is -1.71. The van der Waals surface area contributed by atoms with E-state index in [2.05, 4.69) is 0 Å². The van der Waals surface area contributed by atoms with Gasteiger partial charge in [-0.1, -0.05) is 0 Å². The second-order valence-corrected chi connectivity index (χ2v) is 2.86. The van der Waals surface area contributed by atoms with E-state index in [1.54, 1.807) is 19.2 Å². The molecule has 1 aliphatic heterocycles. The first kappa shape index (κ1) is 8.87. The van der Waals surface area contributed by atoms with E-state index in [4.69, 9.17) is 14.2 Å². The van der Waals surface area contributed by atoms with Crippen LogP contribution in [0.1, 0.15) is 10.4 Å². The Balaban J connectivity index is 2.52. The van der Waals surface area contributed by atoms with Crippen LogP contribution in [0.15, 0.2) is 12.1 Å². The minimum Gasteiger partial charge on any atom is -0.497 e. The molecule has 4 nitrogen and oxygen atoms in total. The Labute approximate surface area is 81.4 Å². The van der Waals surface area contributed by atoms with Gasteiger partial charge in [0.25, 0.3) is 0 Å². The third-order valence-electron chi connectivity index (χ3n) is 2.01. The molecule has 0 saturated carbocycles. The molecule has 0 aromatic heterocycles. The summed E-state index contributed by atoms with van der Waals surface area (Å²) in [6, 6.07) is 3.34. The highest BCUT2D eigenvalue weighted by Crippen LogP contribution is 2.36. The predicted molar refractivity (Wildman–Crippen MR) is 49.4 cm³/mol. The minimum atomic E-state index is 0.457. The Morgan fingerprint density at radius 1 is 1.36 bits per heavy atom. The third-order valence-corrected chi connectivity index (χ3v) is 2.01. The number of carbonyl (C=O) groups is 1. The molecule has 0 atom stereocenters. The summed E-state index contributed by atoms with van der Waals surface area (Å²) >= 11 is 0. The van der Waals surface area contributed by atoms with Crippen LogP contribution in [0.25, 0.3) is 0 Å². The lowest BCUT2D eigenvalue weighted by atomic mass is 10.2. The van der Waals surface area contributed by atoms with Gasteiger partial charge < -0.3 is 14.2 Å². The number of hydrogen-bond acceptors (Lipinski definition) is 4. The fraction of sp³-hybridized carbons (Fsp3) is 0.300. The number of benzene rings is 1. The summed E-state index contributed by atoms with van der Waals surface area (Å²) in [5.74, 6) is 1.67. The normalized spacial score (nSPS) is 13.5. The van der Waals surface area contributed by atoms with Crippen molar-refractivity contribution in [2.24, 2.45) is 0 Å². The molecule has 1 aromatic rings. The first-order valence-electron chi connectivity index (χ1n) is 4.28. The van der Waals surface area contributed by atoms with Gasteiger partial charge in [0, 0.05) is 6.07 Å². The molecule has 14 heavy (non-hydrogen) atoms. The molecule has 0 radical (unpaired) electrons. The summed E-state index contributed by atoms with van der Waals surface area (Å²) in [5, 5.41) is 0. The molecule has 0 amide bonds. The maximum Gasteiger partial charge on any atom is 0.172 e. The molecule has 0 N–H and O–H groups in total. The van der Waals surface area contributed by atoms with E-state index in [0.717, 1.165) is 6.29 Å². The Bertz CT molecular complexity index is 359. The van der Waals surface area contributed by atoms with Crippen molar-refractivity contribution in [1.82, 2.24) is 0 Å². The van der Waals surface area contributed by atoms with Crippen LogP contribution in [0.2, 0.25) is 0 Å². The number of aldehydes is 1. The first-order valence-corrected chi connectivity index (χ1v) is 4.28. The molecule has 4 heteroatoms. The molecular weight excluding hydrogens is 184 g/mol. The van der Waals surface area contributed by atoms with Crippen molar-refractivity contribution in [2.75, 3.05) is 20.3 Å². The van der Waals surface area contributed by atoms with Crippen LogP contribution in [-0.2, 0) is 0 Å². The summed E-state index contributed by atoms with van der Waals surface area (Å²) in [7, 11) is 1.54. The number of rotatable bonds is 2. The van der Waals surface area contributed by atoms with E-state index in [0.29, 0.717) is 36.0 Å². The second-order valence-electron chi connectivity index (χ2n) is 2.86. The summed E-state index contributed by atoms with van der Waals surface area (Å²) in [6.07, 6.45) is 0.732. The van der Waals surface area contributed by atoms with Crippen LogP contribution in [0, 0.1) is 0 Å². The Morgan fingerprint density at radius 3 is 2.86 bits per heavy atom. The average molecular weight is 194 g/mol. The van der Waals surface area contributed by atoms with E-state index in [9.17, 15) is 4.79 Å². The zero-order valence-electron chi connectivity index (χ0n) is 7.78. The van der Waals surface area contributed by atoms with Gasteiger partial charge in [0.15, 0.2) is 17.8 Å². The van der Waals surface area contributed by atoms with Gasteiger partial charge in [-0.15, -0.1) is 0 Å². The highest BCUT2D eigenvalue weighted by atomic mass is 16.6. The smallest absolute Gasteiger partial charge is 0.172 e. The highest BCUT2D eigenvalue weighted by Gasteiger charge is 2.17. The molecule has 2 rings (SSSR count). The van der Waals surface area contributed by atoms with Gasteiger partial charge in [0.05, 0.1) is 12.7 Å². The summed E-state index contributed by atoms with van der Waals surface area (Å²) in [6.45, 7) is 0.971. The van der Waals surface area contributed by atoms with Crippen LogP contribution in [-0.4, -0.2) is 26.6 Å². The van der Waals surface area contributed by atoms with E-state index < -0.39 is 0 Å². The van der Waals surface area contributed by atoms with Crippen molar-refractivity contribution < 1.29 is 19.0 Å². The fourth-order valence-corrected chi connectivity index (χ4v) is 1.36. The molecular formula is C10H10O4. The number of methoxy groups -OCH3 is 1. The van der Waals surface area contributed by atoms with E-state index in [1.165, 1.54) is 0 Å². The summed E-state index contributed by atoms with van der Waals surface area (Å²) < 4.78 is 15.7. The van der Waals surface area contributed by atoms with Gasteiger partial charge in [0.2, 0.25) is 0 Å². The number of hydrogen-bond donors (Lipinski definition) is 0. The van der Waals surface area contributed by atoms with E-state index >= 15 is 0 Å². The van der Waals surface area contributed by atoms with Gasteiger partial charge in [-0.2, -0.15) is 0 Å². The van der Waals surface area contributed by atoms with Crippen molar-refractivity contribution in [3.8, 4) is 17.2 Å². The molecule has 0 spiro atoms. The molecule has 1 aromatic carbocycles. The van der Waals surface area contributed by atoms with Crippen molar-refractivity contribution in [3.05, 3.63) is 17.7 Å². The number of ether oxygens (including phenoxy) is 3. The number of fused-ring (bicyclic) bond motifs is 1. The van der Waals surface area contributed by atoms with Gasteiger partial charge in [-0.05, 0) is 6.07 Å². The maximum absolute atomic E-state index is 10.8. The van der Waals surface area contributed by atoms with E-state index in [1.807, 2.05) is 0 Å². The summed E-state index contributed by atoms with van der Waals surface area (Å²) in [4.78, 5) is 10.8. The molecule has 0 fully saturated rings. The second kappa shape index (κ2) is 3.57. The zero-order valence-corrected chi connectivity index (χ0v) is 7.78. The predicted octanol–water partition coefficient (Wildman–Crippen LogP) is 1.28. The van der Waals surface area contributed by atoms with Gasteiger partial charge in [-0.25, -0.2) is 0 Å². The third kappa shape index (κ3) is 1.39. The lowest BCUT2D eigenvalue weighted by Crippen LogP contribution is -2.16. The molecule has 1 heterocycles. The highest BCUT2D eigenvalue weighted by molar-refractivity contribution is 5.82. The van der Waals surface area contributed by atoms with Crippen molar-refractivity contribution in [3.63, 3.8) is 0 Å². The molecule has 74 valence electrons. The van der Waals surface area contributed by atoms with Crippen molar-refractivity contribution >= 4 is 6.29 Å². The van der Waals surface area contributed by atoms with Crippen LogP contribution in [0.3, 0.4) is 0 Å². The van der Waals surface area contributed by atoms with Crippen LogP contribution in [0.4, 0.5) is 0 Å². The first-order chi connectivity index (χ1) is 6.85. The van der Waals surface area contributed by atoms with Crippen molar-refractivity contribution in [1.29, 1.82) is 0 Å². The SMILES string of the molecule is COc1cc(C=O)c2c(c1)OCCO2. The average Bonchev–Trinajstić information content (AvgIpc) is 2.27. The molecule has 0 aliphatic carbocycles. The molecule has 1 aliphatic rings. The molecule has 0 unspecified atom stereocenters. The van der Waals surface area contributed by atoms with Crippen LogP contribution >= 0.6 is 0 Å². The fourth-order valence-electron chi connectivity index (χ4n) is 1.36. The summed E-state index contributed by atoms with van der Waals surface area (Å²) in [5.41, 5.74) is 0.457. The van der Waals surface area contributed by atoms with E-state index in [-0.39, 0.29) is 0 Å². The molecule has 0 bridgehead atoms. The van der Waals surface area contributed by atoms with Gasteiger partial charge in [-0.3, -0.25) is 4.79 Å².